The molecule has 0 saturated carbocycles. The van der Waals surface area contributed by atoms with Crippen molar-refractivity contribution in [3.63, 3.8) is 0 Å². The molecule has 0 amide bonds. The number of nitrogens with zero attached hydrogens (tertiary/aromatic N) is 1. The molecule has 4 heteroatoms. The number of aldehydes is 1. The van der Waals surface area contributed by atoms with Crippen LogP contribution in [0.25, 0.3) is 0 Å². The Kier molecular flexibility index (Phi) is 2.84. The van der Waals surface area contributed by atoms with Crippen LogP contribution in [0, 0.1) is 0 Å². The number of anilines is 1. The maximum atomic E-state index is 10.5. The summed E-state index contributed by atoms with van der Waals surface area (Å²) in [6.45, 7) is 1.19. The molecule has 14 heavy (non-hydrogen) atoms. The fourth-order valence-electron chi connectivity index (χ4n) is 1.88. The van der Waals surface area contributed by atoms with Crippen LogP contribution in [0.3, 0.4) is 0 Å². The maximum Gasteiger partial charge on any atom is 0.160 e. The lowest BCUT2D eigenvalue weighted by atomic mass is 10.2. The van der Waals surface area contributed by atoms with Gasteiger partial charge in [0.05, 0.1) is 22.5 Å². The van der Waals surface area contributed by atoms with Crippen molar-refractivity contribution in [2.45, 2.75) is 18.9 Å². The highest BCUT2D eigenvalue weighted by Gasteiger charge is 2.24. The molecule has 1 aromatic rings. The molecule has 3 nitrogen and oxygen atoms in total. The van der Waals surface area contributed by atoms with Crippen molar-refractivity contribution in [3.05, 3.63) is 17.0 Å². The maximum absolute atomic E-state index is 10.5. The van der Waals surface area contributed by atoms with Crippen molar-refractivity contribution in [2.75, 3.05) is 18.1 Å². The summed E-state index contributed by atoms with van der Waals surface area (Å²) in [5.41, 5.74) is 0. The Balaban J connectivity index is 2.17. The molecule has 0 aliphatic carbocycles. The van der Waals surface area contributed by atoms with Crippen LogP contribution in [-0.4, -0.2) is 30.6 Å². The average molecular weight is 211 g/mol. The Morgan fingerprint density at radius 2 is 2.50 bits per heavy atom. The van der Waals surface area contributed by atoms with Crippen molar-refractivity contribution >= 4 is 22.6 Å². The van der Waals surface area contributed by atoms with Crippen LogP contribution < -0.4 is 4.90 Å². The fourth-order valence-corrected chi connectivity index (χ4v) is 2.79. The van der Waals surface area contributed by atoms with E-state index in [4.69, 9.17) is 5.11 Å². The molecule has 1 aliphatic heterocycles. The first-order chi connectivity index (χ1) is 6.85. The molecule has 1 N–H and O–H groups in total. The van der Waals surface area contributed by atoms with E-state index >= 15 is 0 Å². The van der Waals surface area contributed by atoms with E-state index in [-0.39, 0.29) is 12.6 Å². The number of rotatable bonds is 3. The third kappa shape index (κ3) is 1.67. The highest BCUT2D eigenvalue weighted by atomic mass is 32.1. The normalized spacial score (nSPS) is 21.5. The van der Waals surface area contributed by atoms with E-state index in [1.54, 1.807) is 0 Å². The molecule has 1 aromatic heterocycles. The second-order valence-corrected chi connectivity index (χ2v) is 4.56. The van der Waals surface area contributed by atoms with Gasteiger partial charge in [0.2, 0.25) is 0 Å². The number of hydrogen-bond acceptors (Lipinski definition) is 4. The molecule has 0 unspecified atom stereocenters. The first-order valence-electron chi connectivity index (χ1n) is 4.77. The van der Waals surface area contributed by atoms with Crippen molar-refractivity contribution in [3.8, 4) is 0 Å². The van der Waals surface area contributed by atoms with Crippen LogP contribution in [0.15, 0.2) is 12.1 Å². The molecular formula is C10H13NO2S. The van der Waals surface area contributed by atoms with E-state index in [0.29, 0.717) is 0 Å². The van der Waals surface area contributed by atoms with Gasteiger partial charge in [0.1, 0.15) is 0 Å². The molecular weight excluding hydrogens is 198 g/mol. The van der Waals surface area contributed by atoms with E-state index < -0.39 is 0 Å². The lowest BCUT2D eigenvalue weighted by Crippen LogP contribution is -2.31. The van der Waals surface area contributed by atoms with Crippen LogP contribution in [0.5, 0.6) is 0 Å². The predicted molar refractivity (Wildman–Crippen MR) is 57.2 cm³/mol. The van der Waals surface area contributed by atoms with Crippen molar-refractivity contribution in [1.82, 2.24) is 0 Å². The first kappa shape index (κ1) is 9.68. The summed E-state index contributed by atoms with van der Waals surface area (Å²) in [6.07, 6.45) is 3.04. The summed E-state index contributed by atoms with van der Waals surface area (Å²) < 4.78 is 0. The zero-order chi connectivity index (χ0) is 9.97. The van der Waals surface area contributed by atoms with Crippen molar-refractivity contribution in [2.24, 2.45) is 0 Å². The molecule has 1 atom stereocenters. The number of aliphatic hydroxyl groups is 1. The molecule has 1 saturated heterocycles. The number of carbonyl (C=O) groups excluding carboxylic acids is 1. The monoisotopic (exact) mass is 211 g/mol. The van der Waals surface area contributed by atoms with Gasteiger partial charge in [-0.25, -0.2) is 0 Å². The minimum Gasteiger partial charge on any atom is -0.394 e. The number of aliphatic hydroxyl groups excluding tert-OH is 1. The summed E-state index contributed by atoms with van der Waals surface area (Å²) in [7, 11) is 0. The van der Waals surface area contributed by atoms with Gasteiger partial charge in [0, 0.05) is 6.54 Å². The summed E-state index contributed by atoms with van der Waals surface area (Å²) in [5.74, 6) is 0. The van der Waals surface area contributed by atoms with Gasteiger partial charge in [-0.3, -0.25) is 4.79 Å². The smallest absolute Gasteiger partial charge is 0.160 e. The minimum atomic E-state index is 0.203. The van der Waals surface area contributed by atoms with Gasteiger partial charge >= 0.3 is 0 Å². The number of hydrogen-bond donors (Lipinski definition) is 1. The number of thiophene rings is 1. The zero-order valence-corrected chi connectivity index (χ0v) is 8.67. The molecule has 0 aromatic carbocycles. The largest absolute Gasteiger partial charge is 0.394 e. The molecule has 0 spiro atoms. The highest BCUT2D eigenvalue weighted by molar-refractivity contribution is 7.17. The number of carbonyl (C=O) groups is 1. The van der Waals surface area contributed by atoms with Gasteiger partial charge in [-0.15, -0.1) is 11.3 Å². The molecule has 2 rings (SSSR count). The third-order valence-corrected chi connectivity index (χ3v) is 3.65. The molecule has 1 fully saturated rings. The Morgan fingerprint density at radius 1 is 1.64 bits per heavy atom. The molecule has 1 aliphatic rings. The minimum absolute atomic E-state index is 0.203. The van der Waals surface area contributed by atoms with E-state index in [1.165, 1.54) is 11.3 Å². The van der Waals surface area contributed by atoms with Crippen molar-refractivity contribution in [1.29, 1.82) is 0 Å². The Labute approximate surface area is 87.0 Å². The third-order valence-electron chi connectivity index (χ3n) is 2.60. The Hall–Kier alpha value is -0.870. The SMILES string of the molecule is O=Cc1ccc(N2CCC[C@H]2CO)s1. The summed E-state index contributed by atoms with van der Waals surface area (Å²) in [6, 6.07) is 4.04. The van der Waals surface area contributed by atoms with Crippen LogP contribution in [0.2, 0.25) is 0 Å². The second kappa shape index (κ2) is 4.11. The average Bonchev–Trinajstić information content (AvgIpc) is 2.85. The first-order valence-corrected chi connectivity index (χ1v) is 5.59. The van der Waals surface area contributed by atoms with Gasteiger partial charge in [-0.05, 0) is 25.0 Å². The van der Waals surface area contributed by atoms with Crippen LogP contribution in [0.1, 0.15) is 22.5 Å². The van der Waals surface area contributed by atoms with Gasteiger partial charge in [0.15, 0.2) is 6.29 Å². The molecule has 2 heterocycles. The van der Waals surface area contributed by atoms with Crippen molar-refractivity contribution < 1.29 is 9.90 Å². The van der Waals surface area contributed by atoms with Crippen LogP contribution >= 0.6 is 11.3 Å². The topological polar surface area (TPSA) is 40.5 Å². The Bertz CT molecular complexity index is 324. The van der Waals surface area contributed by atoms with Gasteiger partial charge < -0.3 is 10.0 Å². The van der Waals surface area contributed by atoms with Crippen LogP contribution in [0.4, 0.5) is 5.00 Å². The van der Waals surface area contributed by atoms with E-state index in [0.717, 1.165) is 35.6 Å². The lowest BCUT2D eigenvalue weighted by molar-refractivity contribution is 0.112. The van der Waals surface area contributed by atoms with Gasteiger partial charge in [-0.2, -0.15) is 0 Å². The fraction of sp³-hybridized carbons (Fsp3) is 0.500. The van der Waals surface area contributed by atoms with Crippen LogP contribution in [-0.2, 0) is 0 Å². The summed E-state index contributed by atoms with van der Waals surface area (Å²) >= 11 is 1.50. The summed E-state index contributed by atoms with van der Waals surface area (Å²) in [4.78, 5) is 13.5. The van der Waals surface area contributed by atoms with E-state index in [9.17, 15) is 4.79 Å². The van der Waals surface area contributed by atoms with Gasteiger partial charge in [-0.1, -0.05) is 0 Å². The molecule has 0 bridgehead atoms. The molecule has 0 radical (unpaired) electrons. The van der Waals surface area contributed by atoms with E-state index in [1.807, 2.05) is 12.1 Å². The Morgan fingerprint density at radius 3 is 3.14 bits per heavy atom. The second-order valence-electron chi connectivity index (χ2n) is 3.47. The standard InChI is InChI=1S/C10H13NO2S/c12-6-8-2-1-5-11(8)10-4-3-9(7-13)14-10/h3-4,7-8,12H,1-2,5-6H2/t8-/m0/s1. The summed E-state index contributed by atoms with van der Waals surface area (Å²) in [5, 5.41) is 10.3. The molecule has 76 valence electrons. The quantitative estimate of drug-likeness (QED) is 0.771. The highest BCUT2D eigenvalue weighted by Crippen LogP contribution is 2.31. The van der Waals surface area contributed by atoms with Gasteiger partial charge in [0.25, 0.3) is 0 Å². The zero-order valence-electron chi connectivity index (χ0n) is 7.85. The lowest BCUT2D eigenvalue weighted by Gasteiger charge is -2.22. The predicted octanol–water partition coefficient (Wildman–Crippen LogP) is 1.52. The van der Waals surface area contributed by atoms with E-state index in [2.05, 4.69) is 4.90 Å².